The first-order valence-corrected chi connectivity index (χ1v) is 15.7. The van der Waals surface area contributed by atoms with Crippen molar-refractivity contribution < 1.29 is 42.9 Å². The predicted molar refractivity (Wildman–Crippen MR) is 182 cm³/mol. The lowest BCUT2D eigenvalue weighted by atomic mass is 10.1. The number of aliphatic carboxylic acids is 2. The topological polar surface area (TPSA) is 180 Å². The third kappa shape index (κ3) is 8.99. The highest BCUT2D eigenvalue weighted by atomic mass is 79.9. The van der Waals surface area contributed by atoms with Crippen LogP contribution in [0, 0.1) is 5.82 Å². The quantitative estimate of drug-likeness (QED) is 0.0876. The summed E-state index contributed by atoms with van der Waals surface area (Å²) >= 11 is 3.38. The maximum atomic E-state index is 15.1. The van der Waals surface area contributed by atoms with Gasteiger partial charge in [-0.25, -0.2) is 14.2 Å². The molecule has 0 saturated heterocycles. The van der Waals surface area contributed by atoms with Gasteiger partial charge in [-0.15, -0.1) is 0 Å². The van der Waals surface area contributed by atoms with Gasteiger partial charge in [-0.2, -0.15) is 0 Å². The van der Waals surface area contributed by atoms with E-state index in [0.717, 1.165) is 5.56 Å². The first-order valence-electron chi connectivity index (χ1n) is 14.9. The van der Waals surface area contributed by atoms with Gasteiger partial charge in [-0.3, -0.25) is 14.4 Å². The molecule has 252 valence electrons. The number of fused-ring (bicyclic) bond motifs is 1. The Labute approximate surface area is 287 Å². The number of carbonyl (C=O) groups is 4. The molecule has 0 bridgehead atoms. The number of carbonyl (C=O) groups excluding carboxylic acids is 2. The number of benzene rings is 4. The molecule has 1 atom stereocenters. The van der Waals surface area contributed by atoms with E-state index in [1.165, 1.54) is 6.07 Å². The summed E-state index contributed by atoms with van der Waals surface area (Å²) in [6.45, 7) is 0.321. The minimum atomic E-state index is -1.33. The van der Waals surface area contributed by atoms with E-state index in [9.17, 15) is 24.3 Å². The number of carboxylic acids is 2. The number of anilines is 2. The molecule has 5 rings (SSSR count). The van der Waals surface area contributed by atoms with E-state index in [-0.39, 0.29) is 30.3 Å². The summed E-state index contributed by atoms with van der Waals surface area (Å²) in [6.07, 6.45) is -0.806. The maximum absolute atomic E-state index is 15.1. The van der Waals surface area contributed by atoms with Crippen molar-refractivity contribution in [3.05, 3.63) is 106 Å². The normalized spacial score (nSPS) is 11.5. The molecule has 0 radical (unpaired) electrons. The Hall–Kier alpha value is -5.76. The molecule has 1 heterocycles. The van der Waals surface area contributed by atoms with Crippen LogP contribution >= 0.6 is 15.9 Å². The second kappa shape index (κ2) is 15.4. The van der Waals surface area contributed by atoms with Gasteiger partial charge >= 0.3 is 11.9 Å². The van der Waals surface area contributed by atoms with Gasteiger partial charge in [-0.05, 0) is 94.1 Å². The summed E-state index contributed by atoms with van der Waals surface area (Å²) in [5.74, 6) is -3.09. The zero-order valence-electron chi connectivity index (χ0n) is 26.0. The molecule has 0 fully saturated rings. The first-order chi connectivity index (χ1) is 23.5. The number of hydrogen-bond acceptors (Lipinski definition) is 8. The van der Waals surface area contributed by atoms with Gasteiger partial charge in [0.2, 0.25) is 11.8 Å². The zero-order valence-corrected chi connectivity index (χ0v) is 27.5. The van der Waals surface area contributed by atoms with Gasteiger partial charge in [0.25, 0.3) is 5.91 Å². The highest BCUT2D eigenvalue weighted by Gasteiger charge is 2.21. The van der Waals surface area contributed by atoms with Crippen molar-refractivity contribution in [2.75, 3.05) is 17.7 Å². The number of nitrogens with one attached hydrogen (secondary N) is 3. The number of rotatable bonds is 14. The van der Waals surface area contributed by atoms with Crippen molar-refractivity contribution in [1.29, 1.82) is 0 Å². The van der Waals surface area contributed by atoms with E-state index < -0.39 is 36.1 Å². The van der Waals surface area contributed by atoms with Crippen molar-refractivity contribution in [3.8, 4) is 17.2 Å². The van der Waals surface area contributed by atoms with Crippen LogP contribution in [0.25, 0.3) is 22.6 Å². The van der Waals surface area contributed by atoms with Crippen molar-refractivity contribution in [2.45, 2.75) is 31.8 Å². The Bertz CT molecular complexity index is 2030. The number of oxazole rings is 1. The molecule has 0 spiro atoms. The van der Waals surface area contributed by atoms with Gasteiger partial charge in [0.1, 0.15) is 23.1 Å². The Balaban J connectivity index is 1.17. The summed E-state index contributed by atoms with van der Waals surface area (Å²) in [4.78, 5) is 51.7. The Kier molecular flexibility index (Phi) is 10.9. The van der Waals surface area contributed by atoms with E-state index in [0.29, 0.717) is 50.2 Å². The van der Waals surface area contributed by atoms with Crippen LogP contribution in [-0.2, 0) is 27.3 Å². The summed E-state index contributed by atoms with van der Waals surface area (Å²) in [6, 6.07) is 20.2. The molecular weight excluding hydrogens is 703 g/mol. The number of methoxy groups -OCH3 is 1. The third-order valence-corrected chi connectivity index (χ3v) is 8.04. The molecule has 0 saturated carbocycles. The highest BCUT2D eigenvalue weighted by Crippen LogP contribution is 2.29. The second-order valence-corrected chi connectivity index (χ2v) is 11.8. The van der Waals surface area contributed by atoms with Gasteiger partial charge < -0.3 is 35.3 Å². The van der Waals surface area contributed by atoms with Crippen molar-refractivity contribution >= 4 is 62.2 Å². The highest BCUT2D eigenvalue weighted by molar-refractivity contribution is 9.10. The number of carboxylic acid groups (broad SMARTS) is 2. The summed E-state index contributed by atoms with van der Waals surface area (Å²) in [7, 11) is 1.55. The second-order valence-electron chi connectivity index (χ2n) is 10.9. The molecule has 12 nitrogen and oxygen atoms in total. The smallest absolute Gasteiger partial charge is 0.326 e. The van der Waals surface area contributed by atoms with Crippen LogP contribution in [0.15, 0.2) is 87.8 Å². The largest absolute Gasteiger partial charge is 0.496 e. The monoisotopic (exact) mass is 732 g/mol. The number of halogens is 2. The SMILES string of the molecule is COc1ccc(C(=O)Nc2ccc(CNc3ccc(-c4nc5cc(CC(=O)NC(CCC(=O)O)C(=O)O)ccc5o4)cc3F)cc2)cc1Br. The molecule has 0 aliphatic heterocycles. The lowest BCUT2D eigenvalue weighted by Gasteiger charge is -2.13. The first kappa shape index (κ1) is 34.6. The Morgan fingerprint density at radius 3 is 2.39 bits per heavy atom. The van der Waals surface area contributed by atoms with Gasteiger partial charge in [0.15, 0.2) is 5.58 Å². The number of amides is 2. The molecule has 4 aromatic carbocycles. The number of nitrogens with zero attached hydrogens (tertiary/aromatic N) is 1. The fourth-order valence-electron chi connectivity index (χ4n) is 4.87. The molecule has 1 aromatic heterocycles. The van der Waals surface area contributed by atoms with Crippen molar-refractivity contribution in [2.24, 2.45) is 0 Å². The molecular formula is C35H30BrFN4O8. The van der Waals surface area contributed by atoms with Gasteiger partial charge in [0.05, 0.1) is 23.7 Å². The molecule has 5 aromatic rings. The number of aromatic nitrogens is 1. The lowest BCUT2D eigenvalue weighted by molar-refractivity contribution is -0.143. The van der Waals surface area contributed by atoms with E-state index in [2.05, 4.69) is 36.9 Å². The van der Waals surface area contributed by atoms with E-state index >= 15 is 4.39 Å². The van der Waals surface area contributed by atoms with Crippen LogP contribution in [0.3, 0.4) is 0 Å². The van der Waals surface area contributed by atoms with Crippen LogP contribution in [-0.4, -0.2) is 52.1 Å². The third-order valence-electron chi connectivity index (χ3n) is 7.42. The molecule has 1 unspecified atom stereocenters. The molecule has 0 aliphatic carbocycles. The van der Waals surface area contributed by atoms with Gasteiger partial charge in [-0.1, -0.05) is 18.2 Å². The predicted octanol–water partition coefficient (Wildman–Crippen LogP) is 6.25. The van der Waals surface area contributed by atoms with Crippen LogP contribution in [0.4, 0.5) is 15.8 Å². The molecule has 49 heavy (non-hydrogen) atoms. The van der Waals surface area contributed by atoms with Crippen LogP contribution in [0.1, 0.15) is 34.3 Å². The molecule has 2 amide bonds. The summed E-state index contributed by atoms with van der Waals surface area (Å²) in [5, 5.41) is 26.3. The lowest BCUT2D eigenvalue weighted by Crippen LogP contribution is -2.41. The van der Waals surface area contributed by atoms with Gasteiger partial charge in [0, 0.05) is 29.8 Å². The Morgan fingerprint density at radius 2 is 1.71 bits per heavy atom. The standard InChI is InChI=1S/C35H30BrFN4O8/c1-48-29-12-6-21(16-24(29)36)33(45)39-23-7-2-19(3-8-23)18-38-26-9-5-22(17-25(26)37)34-41-28-14-20(4-11-30(28)49-34)15-31(42)40-27(35(46)47)10-13-32(43)44/h2-9,11-12,14,16-17,27,38H,10,13,15,18H2,1H3,(H,39,45)(H,40,42)(H,43,44)(H,46,47). The zero-order chi connectivity index (χ0) is 35.1. The summed E-state index contributed by atoms with van der Waals surface area (Å²) in [5.41, 5.74) is 3.93. The minimum absolute atomic E-state index is 0.163. The average Bonchev–Trinajstić information content (AvgIpc) is 3.50. The summed E-state index contributed by atoms with van der Waals surface area (Å²) < 4.78 is 26.8. The average molecular weight is 734 g/mol. The van der Waals surface area contributed by atoms with Crippen molar-refractivity contribution in [1.82, 2.24) is 10.3 Å². The van der Waals surface area contributed by atoms with Crippen LogP contribution < -0.4 is 20.7 Å². The van der Waals surface area contributed by atoms with Crippen LogP contribution in [0.5, 0.6) is 5.75 Å². The maximum Gasteiger partial charge on any atom is 0.326 e. The minimum Gasteiger partial charge on any atom is -0.496 e. The molecule has 5 N–H and O–H groups in total. The molecule has 0 aliphatic rings. The van der Waals surface area contributed by atoms with Crippen molar-refractivity contribution in [3.63, 3.8) is 0 Å². The van der Waals surface area contributed by atoms with E-state index in [1.54, 1.807) is 67.8 Å². The van der Waals surface area contributed by atoms with E-state index in [4.69, 9.17) is 14.3 Å². The fraction of sp³-hybridized carbons (Fsp3) is 0.171. The number of hydrogen-bond donors (Lipinski definition) is 5. The Morgan fingerprint density at radius 1 is 0.959 bits per heavy atom. The fourth-order valence-corrected chi connectivity index (χ4v) is 5.41. The van der Waals surface area contributed by atoms with Crippen LogP contribution in [0.2, 0.25) is 0 Å². The number of ether oxygens (including phenoxy) is 1. The van der Waals surface area contributed by atoms with E-state index in [1.807, 2.05) is 12.1 Å². The molecule has 14 heteroatoms.